The molecular formula is C21H23FN4O2. The molecule has 0 aliphatic carbocycles. The molecule has 3 aromatic rings. The molecule has 0 saturated heterocycles. The second kappa shape index (κ2) is 7.24. The van der Waals surface area contributed by atoms with Gasteiger partial charge in [0, 0.05) is 29.6 Å². The molecule has 1 unspecified atom stereocenters. The fourth-order valence-corrected chi connectivity index (χ4v) is 3.70. The average molecular weight is 382 g/mol. The number of nitrogens with one attached hydrogen (secondary N) is 2. The van der Waals surface area contributed by atoms with Gasteiger partial charge in [-0.3, -0.25) is 4.79 Å². The molecule has 4 N–H and O–H groups in total. The van der Waals surface area contributed by atoms with Crippen molar-refractivity contribution < 1.29 is 13.6 Å². The minimum atomic E-state index is -0.691. The normalized spacial score (nSPS) is 14.4. The van der Waals surface area contributed by atoms with E-state index in [0.717, 1.165) is 22.1 Å². The van der Waals surface area contributed by atoms with Crippen molar-refractivity contribution in [2.24, 2.45) is 11.7 Å². The van der Waals surface area contributed by atoms with Gasteiger partial charge in [-0.1, -0.05) is 32.0 Å². The summed E-state index contributed by atoms with van der Waals surface area (Å²) in [6, 6.07) is 6.96. The number of nitrogens with two attached hydrogens (primary N) is 1. The van der Waals surface area contributed by atoms with Gasteiger partial charge in [0.15, 0.2) is 11.6 Å². The van der Waals surface area contributed by atoms with Crippen molar-refractivity contribution in [3.8, 4) is 11.3 Å². The van der Waals surface area contributed by atoms with Gasteiger partial charge in [-0.05, 0) is 24.0 Å². The molecule has 1 aliphatic rings. The number of primary amides is 1. The van der Waals surface area contributed by atoms with Crippen molar-refractivity contribution in [1.82, 2.24) is 10.3 Å². The zero-order valence-electron chi connectivity index (χ0n) is 15.9. The molecule has 2 aromatic heterocycles. The number of aromatic nitrogens is 1. The standard InChI is InChI=1S/C21H23FN4O2/c1-11(2)7-16(20(23)27)25-21-18(22)13-8-24-9-14(13)19(26-21)15-10-28-17-6-4-3-5-12(15)17/h3-6,10-11,16,24H,7-9H2,1-2H3,(H2,23,27)(H,25,26). The van der Waals surface area contributed by atoms with Crippen molar-refractivity contribution in [2.75, 3.05) is 5.32 Å². The summed E-state index contributed by atoms with van der Waals surface area (Å²) in [5.74, 6) is -0.691. The van der Waals surface area contributed by atoms with Gasteiger partial charge in [0.2, 0.25) is 5.91 Å². The molecule has 0 bridgehead atoms. The second-order valence-corrected chi connectivity index (χ2v) is 7.56. The number of fused-ring (bicyclic) bond motifs is 2. The number of halogens is 1. The Morgan fingerprint density at radius 3 is 2.82 bits per heavy atom. The third-order valence-corrected chi connectivity index (χ3v) is 5.05. The van der Waals surface area contributed by atoms with Crippen LogP contribution in [0, 0.1) is 11.7 Å². The first-order valence-corrected chi connectivity index (χ1v) is 9.40. The molecule has 1 aliphatic heterocycles. The number of pyridine rings is 1. The molecule has 1 atom stereocenters. The van der Waals surface area contributed by atoms with Gasteiger partial charge in [0.25, 0.3) is 0 Å². The number of para-hydroxylation sites is 1. The first-order chi connectivity index (χ1) is 13.5. The molecule has 4 rings (SSSR count). The van der Waals surface area contributed by atoms with Gasteiger partial charge < -0.3 is 20.8 Å². The van der Waals surface area contributed by atoms with Gasteiger partial charge in [0.1, 0.15) is 17.9 Å². The number of nitrogens with zero attached hydrogens (tertiary/aromatic N) is 1. The molecule has 0 spiro atoms. The highest BCUT2D eigenvalue weighted by molar-refractivity contribution is 5.94. The minimum Gasteiger partial charge on any atom is -0.464 e. The van der Waals surface area contributed by atoms with Gasteiger partial charge in [-0.25, -0.2) is 9.37 Å². The molecule has 0 radical (unpaired) electrons. The summed E-state index contributed by atoms with van der Waals surface area (Å²) in [5.41, 5.74) is 9.10. The van der Waals surface area contributed by atoms with Crippen LogP contribution in [0.2, 0.25) is 0 Å². The smallest absolute Gasteiger partial charge is 0.239 e. The molecule has 1 aromatic carbocycles. The number of rotatable bonds is 6. The van der Waals surface area contributed by atoms with Crippen molar-refractivity contribution in [2.45, 2.75) is 39.4 Å². The number of anilines is 1. The van der Waals surface area contributed by atoms with Gasteiger partial charge in [-0.15, -0.1) is 0 Å². The third kappa shape index (κ3) is 3.22. The van der Waals surface area contributed by atoms with Crippen LogP contribution in [0.25, 0.3) is 22.2 Å². The Kier molecular flexibility index (Phi) is 4.77. The van der Waals surface area contributed by atoms with Crippen LogP contribution in [-0.4, -0.2) is 16.9 Å². The van der Waals surface area contributed by atoms with Crippen LogP contribution in [0.4, 0.5) is 10.2 Å². The maximum Gasteiger partial charge on any atom is 0.239 e. The van der Waals surface area contributed by atoms with E-state index in [1.165, 1.54) is 0 Å². The molecule has 3 heterocycles. The van der Waals surface area contributed by atoms with E-state index in [-0.39, 0.29) is 11.7 Å². The average Bonchev–Trinajstić information content (AvgIpc) is 3.30. The second-order valence-electron chi connectivity index (χ2n) is 7.56. The lowest BCUT2D eigenvalue weighted by atomic mass is 10.0. The Labute approximate surface area is 162 Å². The number of amides is 1. The topological polar surface area (TPSA) is 93.2 Å². The highest BCUT2D eigenvalue weighted by atomic mass is 19.1. The molecule has 0 saturated carbocycles. The van der Waals surface area contributed by atoms with Crippen molar-refractivity contribution in [1.29, 1.82) is 0 Å². The molecular weight excluding hydrogens is 359 g/mol. The number of carbonyl (C=O) groups is 1. The predicted octanol–water partition coefficient (Wildman–Crippen LogP) is 3.55. The quantitative estimate of drug-likeness (QED) is 0.606. The van der Waals surface area contributed by atoms with E-state index in [4.69, 9.17) is 10.2 Å². The van der Waals surface area contributed by atoms with E-state index in [1.807, 2.05) is 38.1 Å². The molecule has 6 nitrogen and oxygen atoms in total. The third-order valence-electron chi connectivity index (χ3n) is 5.05. The fourth-order valence-electron chi connectivity index (χ4n) is 3.70. The van der Waals surface area contributed by atoms with Gasteiger partial charge in [-0.2, -0.15) is 0 Å². The lowest BCUT2D eigenvalue weighted by Crippen LogP contribution is -2.37. The Morgan fingerprint density at radius 1 is 1.32 bits per heavy atom. The number of carbonyl (C=O) groups excluding carboxylic acids is 1. The summed E-state index contributed by atoms with van der Waals surface area (Å²) >= 11 is 0. The van der Waals surface area contributed by atoms with Crippen molar-refractivity contribution >= 4 is 22.7 Å². The highest BCUT2D eigenvalue weighted by Crippen LogP contribution is 2.37. The summed E-state index contributed by atoms with van der Waals surface area (Å²) in [4.78, 5) is 16.4. The molecule has 1 amide bonds. The largest absolute Gasteiger partial charge is 0.464 e. The van der Waals surface area contributed by atoms with E-state index in [1.54, 1.807) is 6.26 Å². The summed E-state index contributed by atoms with van der Waals surface area (Å²) < 4.78 is 20.8. The van der Waals surface area contributed by atoms with E-state index in [2.05, 4.69) is 15.6 Å². The van der Waals surface area contributed by atoms with Crippen molar-refractivity contribution in [3.63, 3.8) is 0 Å². The first-order valence-electron chi connectivity index (χ1n) is 9.40. The first kappa shape index (κ1) is 18.4. The zero-order chi connectivity index (χ0) is 19.8. The maximum absolute atomic E-state index is 15.1. The van der Waals surface area contributed by atoms with Crippen LogP contribution in [0.1, 0.15) is 31.4 Å². The maximum atomic E-state index is 15.1. The lowest BCUT2D eigenvalue weighted by Gasteiger charge is -2.20. The lowest BCUT2D eigenvalue weighted by molar-refractivity contribution is -0.119. The highest BCUT2D eigenvalue weighted by Gasteiger charge is 2.28. The fraction of sp³-hybridized carbons (Fsp3) is 0.333. The van der Waals surface area contributed by atoms with Crippen LogP contribution in [0.5, 0.6) is 0 Å². The minimum absolute atomic E-state index is 0.0483. The Hall–Kier alpha value is -2.93. The van der Waals surface area contributed by atoms with Crippen LogP contribution < -0.4 is 16.4 Å². The summed E-state index contributed by atoms with van der Waals surface area (Å²) in [6.45, 7) is 4.90. The molecule has 28 heavy (non-hydrogen) atoms. The number of hydrogen-bond donors (Lipinski definition) is 3. The monoisotopic (exact) mass is 382 g/mol. The van der Waals surface area contributed by atoms with E-state index in [9.17, 15) is 4.79 Å². The summed E-state index contributed by atoms with van der Waals surface area (Å²) in [7, 11) is 0. The predicted molar refractivity (Wildman–Crippen MR) is 106 cm³/mol. The summed E-state index contributed by atoms with van der Waals surface area (Å²) in [5, 5.41) is 7.04. The Bertz CT molecular complexity index is 1040. The number of hydrogen-bond acceptors (Lipinski definition) is 5. The number of furan rings is 1. The van der Waals surface area contributed by atoms with Crippen molar-refractivity contribution in [3.05, 3.63) is 47.5 Å². The zero-order valence-corrected chi connectivity index (χ0v) is 15.9. The van der Waals surface area contributed by atoms with Crippen LogP contribution in [0.3, 0.4) is 0 Å². The van der Waals surface area contributed by atoms with E-state index < -0.39 is 17.8 Å². The van der Waals surface area contributed by atoms with Crippen LogP contribution in [0.15, 0.2) is 34.9 Å². The Morgan fingerprint density at radius 2 is 2.07 bits per heavy atom. The number of benzene rings is 1. The van der Waals surface area contributed by atoms with E-state index in [0.29, 0.717) is 30.8 Å². The molecule has 146 valence electrons. The van der Waals surface area contributed by atoms with Gasteiger partial charge >= 0.3 is 0 Å². The molecule has 0 fully saturated rings. The Balaban J connectivity index is 1.83. The van der Waals surface area contributed by atoms with Gasteiger partial charge in [0.05, 0.1) is 5.69 Å². The van der Waals surface area contributed by atoms with Crippen LogP contribution in [-0.2, 0) is 17.9 Å². The summed E-state index contributed by atoms with van der Waals surface area (Å²) in [6.07, 6.45) is 2.14. The molecule has 7 heteroatoms. The van der Waals surface area contributed by atoms with Crippen LogP contribution >= 0.6 is 0 Å². The van der Waals surface area contributed by atoms with E-state index >= 15 is 4.39 Å². The SMILES string of the molecule is CC(C)CC(Nc1nc(-c2coc3ccccc23)c2c(c1F)CNC2)C(N)=O.